The van der Waals surface area contributed by atoms with Crippen LogP contribution in [0.2, 0.25) is 0 Å². The number of phenolic OH excluding ortho intramolecular Hbond substituents is 2. The highest BCUT2D eigenvalue weighted by molar-refractivity contribution is 9.10. The average molecular weight is 260 g/mol. The first kappa shape index (κ1) is 11.3. The third-order valence-electron chi connectivity index (χ3n) is 2.17. The molecule has 0 radical (unpaired) electrons. The maximum Gasteiger partial charge on any atom is 0.171 e. The molecule has 0 heterocycles. The number of halogens is 1. The first-order chi connectivity index (χ1) is 6.43. The maximum absolute atomic E-state index is 9.38. The van der Waals surface area contributed by atoms with Crippen molar-refractivity contribution in [3.8, 4) is 11.5 Å². The van der Waals surface area contributed by atoms with Crippen LogP contribution in [0.1, 0.15) is 25.5 Å². The zero-order valence-electron chi connectivity index (χ0n) is 8.16. The number of nitrogens with two attached hydrogens (primary N) is 1. The van der Waals surface area contributed by atoms with E-state index in [-0.39, 0.29) is 23.5 Å². The number of rotatable bonds is 2. The first-order valence-corrected chi connectivity index (χ1v) is 5.19. The lowest BCUT2D eigenvalue weighted by atomic mass is 9.97. The fourth-order valence-corrected chi connectivity index (χ4v) is 1.65. The molecule has 0 aliphatic heterocycles. The van der Waals surface area contributed by atoms with Crippen LogP contribution in [0.4, 0.5) is 0 Å². The summed E-state index contributed by atoms with van der Waals surface area (Å²) in [7, 11) is 0. The van der Waals surface area contributed by atoms with Crippen LogP contribution < -0.4 is 5.73 Å². The van der Waals surface area contributed by atoms with Crippen molar-refractivity contribution in [1.29, 1.82) is 0 Å². The van der Waals surface area contributed by atoms with E-state index in [0.717, 1.165) is 5.56 Å². The van der Waals surface area contributed by atoms with Crippen LogP contribution in [0.3, 0.4) is 0 Å². The Morgan fingerprint density at radius 2 is 1.86 bits per heavy atom. The first-order valence-electron chi connectivity index (χ1n) is 4.40. The summed E-state index contributed by atoms with van der Waals surface area (Å²) in [5.74, 6) is -0.0129. The van der Waals surface area contributed by atoms with Crippen LogP contribution in [0.25, 0.3) is 0 Å². The van der Waals surface area contributed by atoms with Gasteiger partial charge in [0.15, 0.2) is 11.5 Å². The summed E-state index contributed by atoms with van der Waals surface area (Å²) in [5, 5.41) is 18.7. The lowest BCUT2D eigenvalue weighted by Crippen LogP contribution is -2.16. The smallest absolute Gasteiger partial charge is 0.171 e. The van der Waals surface area contributed by atoms with Gasteiger partial charge < -0.3 is 15.9 Å². The van der Waals surface area contributed by atoms with Gasteiger partial charge in [0, 0.05) is 6.04 Å². The molecule has 0 aliphatic carbocycles. The summed E-state index contributed by atoms with van der Waals surface area (Å²) in [6.07, 6.45) is 0. The Hall–Kier alpha value is -0.740. The van der Waals surface area contributed by atoms with Gasteiger partial charge in [-0.15, -0.1) is 0 Å². The molecule has 1 aromatic carbocycles. The zero-order valence-corrected chi connectivity index (χ0v) is 9.75. The summed E-state index contributed by atoms with van der Waals surface area (Å²) < 4.78 is 0.462. The number of phenols is 2. The van der Waals surface area contributed by atoms with Gasteiger partial charge >= 0.3 is 0 Å². The molecule has 1 aromatic rings. The zero-order chi connectivity index (χ0) is 10.9. The summed E-state index contributed by atoms with van der Waals surface area (Å²) >= 11 is 3.15. The SMILES string of the molecule is CC(C)[C@@H](N)c1cc(O)c(O)c(Br)c1. The van der Waals surface area contributed by atoms with Crippen LogP contribution in [0.15, 0.2) is 16.6 Å². The van der Waals surface area contributed by atoms with Crippen LogP contribution in [-0.2, 0) is 0 Å². The van der Waals surface area contributed by atoms with Gasteiger partial charge in [0.05, 0.1) is 4.47 Å². The molecule has 0 saturated carbocycles. The quantitative estimate of drug-likeness (QED) is 0.716. The fraction of sp³-hybridized carbons (Fsp3) is 0.400. The summed E-state index contributed by atoms with van der Waals surface area (Å²) in [5.41, 5.74) is 6.72. The van der Waals surface area contributed by atoms with Crippen LogP contribution in [0, 0.1) is 5.92 Å². The second-order valence-electron chi connectivity index (χ2n) is 3.64. The Bertz CT molecular complexity index is 316. The van der Waals surface area contributed by atoms with Crippen LogP contribution in [-0.4, -0.2) is 10.2 Å². The van der Waals surface area contributed by atoms with Crippen molar-refractivity contribution in [2.45, 2.75) is 19.9 Å². The van der Waals surface area contributed by atoms with Gasteiger partial charge in [-0.1, -0.05) is 13.8 Å². The van der Waals surface area contributed by atoms with Crippen molar-refractivity contribution >= 4 is 15.9 Å². The highest BCUT2D eigenvalue weighted by Crippen LogP contribution is 2.36. The molecule has 0 unspecified atom stereocenters. The molecule has 0 saturated heterocycles. The molecule has 78 valence electrons. The highest BCUT2D eigenvalue weighted by Gasteiger charge is 2.14. The molecule has 1 rings (SSSR count). The number of hydrogen-bond donors (Lipinski definition) is 3. The van der Waals surface area contributed by atoms with Gasteiger partial charge in [-0.3, -0.25) is 0 Å². The van der Waals surface area contributed by atoms with E-state index < -0.39 is 0 Å². The van der Waals surface area contributed by atoms with E-state index in [1.165, 1.54) is 6.07 Å². The average Bonchev–Trinajstić information content (AvgIpc) is 2.12. The van der Waals surface area contributed by atoms with Crippen molar-refractivity contribution in [1.82, 2.24) is 0 Å². The third-order valence-corrected chi connectivity index (χ3v) is 2.77. The molecule has 4 heteroatoms. The lowest BCUT2D eigenvalue weighted by Gasteiger charge is -2.17. The standard InChI is InChI=1S/C10H14BrNO2/c1-5(2)9(12)6-3-7(11)10(14)8(13)4-6/h3-5,9,13-14H,12H2,1-2H3/t9-/m1/s1. The van der Waals surface area contributed by atoms with Gasteiger partial charge in [-0.25, -0.2) is 0 Å². The van der Waals surface area contributed by atoms with Crippen LogP contribution >= 0.6 is 15.9 Å². The van der Waals surface area contributed by atoms with E-state index in [2.05, 4.69) is 15.9 Å². The number of hydrogen-bond acceptors (Lipinski definition) is 3. The predicted octanol–water partition coefficient (Wildman–Crippen LogP) is 2.52. The summed E-state index contributed by atoms with van der Waals surface area (Å²) in [6, 6.07) is 3.07. The fourth-order valence-electron chi connectivity index (χ4n) is 1.18. The van der Waals surface area contributed by atoms with E-state index in [9.17, 15) is 10.2 Å². The van der Waals surface area contributed by atoms with E-state index >= 15 is 0 Å². The minimum Gasteiger partial charge on any atom is -0.504 e. The second-order valence-corrected chi connectivity index (χ2v) is 4.49. The van der Waals surface area contributed by atoms with Gasteiger partial charge in [0.1, 0.15) is 0 Å². The third kappa shape index (κ3) is 2.19. The van der Waals surface area contributed by atoms with Crippen LogP contribution in [0.5, 0.6) is 11.5 Å². The Labute approximate surface area is 91.7 Å². The molecular formula is C10H14BrNO2. The molecule has 0 spiro atoms. The van der Waals surface area contributed by atoms with E-state index in [1.54, 1.807) is 6.07 Å². The van der Waals surface area contributed by atoms with E-state index in [1.807, 2.05) is 13.8 Å². The molecular weight excluding hydrogens is 246 g/mol. The predicted molar refractivity (Wildman–Crippen MR) is 59.2 cm³/mol. The molecule has 0 amide bonds. The minimum absolute atomic E-state index is 0.141. The Morgan fingerprint density at radius 3 is 2.29 bits per heavy atom. The maximum atomic E-state index is 9.38. The van der Waals surface area contributed by atoms with Crippen molar-refractivity contribution in [2.75, 3.05) is 0 Å². The second kappa shape index (κ2) is 4.19. The normalized spacial score (nSPS) is 13.2. The Kier molecular flexibility index (Phi) is 3.39. The van der Waals surface area contributed by atoms with Gasteiger partial charge in [-0.05, 0) is 39.5 Å². The topological polar surface area (TPSA) is 66.5 Å². The van der Waals surface area contributed by atoms with Crippen molar-refractivity contribution in [3.63, 3.8) is 0 Å². The Balaban J connectivity index is 3.12. The molecule has 0 aromatic heterocycles. The number of benzene rings is 1. The minimum atomic E-state index is -0.148. The lowest BCUT2D eigenvalue weighted by molar-refractivity contribution is 0.399. The van der Waals surface area contributed by atoms with Gasteiger partial charge in [-0.2, -0.15) is 0 Å². The van der Waals surface area contributed by atoms with Gasteiger partial charge in [0.2, 0.25) is 0 Å². The molecule has 0 aliphatic rings. The van der Waals surface area contributed by atoms with E-state index in [0.29, 0.717) is 4.47 Å². The summed E-state index contributed by atoms with van der Waals surface area (Å²) in [4.78, 5) is 0. The van der Waals surface area contributed by atoms with Gasteiger partial charge in [0.25, 0.3) is 0 Å². The van der Waals surface area contributed by atoms with Crippen molar-refractivity contribution in [2.24, 2.45) is 11.7 Å². The molecule has 1 atom stereocenters. The van der Waals surface area contributed by atoms with Crippen molar-refractivity contribution in [3.05, 3.63) is 22.2 Å². The molecule has 0 bridgehead atoms. The number of aromatic hydroxyl groups is 2. The van der Waals surface area contributed by atoms with E-state index in [4.69, 9.17) is 5.73 Å². The Morgan fingerprint density at radius 1 is 1.29 bits per heavy atom. The molecule has 3 nitrogen and oxygen atoms in total. The highest BCUT2D eigenvalue weighted by atomic mass is 79.9. The van der Waals surface area contributed by atoms with Crippen molar-refractivity contribution < 1.29 is 10.2 Å². The summed E-state index contributed by atoms with van der Waals surface area (Å²) in [6.45, 7) is 4.00. The monoisotopic (exact) mass is 259 g/mol. The molecule has 0 fully saturated rings. The largest absolute Gasteiger partial charge is 0.504 e. The molecule has 4 N–H and O–H groups in total. The molecule has 14 heavy (non-hydrogen) atoms.